The molecule has 1 N–H and O–H groups in total. The molecule has 0 bridgehead atoms. The minimum Gasteiger partial charge on any atom is -0.353 e. The van der Waals surface area contributed by atoms with E-state index in [1.165, 1.54) is 29.2 Å². The number of amides is 3. The van der Waals surface area contributed by atoms with Crippen molar-refractivity contribution in [3.05, 3.63) is 65.7 Å². The topological polar surface area (TPSA) is 91.8 Å². The van der Waals surface area contributed by atoms with E-state index in [2.05, 4.69) is 10.3 Å². The van der Waals surface area contributed by atoms with Gasteiger partial charge < -0.3 is 15.0 Å². The molecule has 1 aromatic heterocycles. The first-order valence-corrected chi connectivity index (χ1v) is 12.0. The lowest BCUT2D eigenvalue weighted by molar-refractivity contribution is -0.144. The fraction of sp³-hybridized carbons (Fsp3) is 0.462. The van der Waals surface area contributed by atoms with Gasteiger partial charge >= 0.3 is 0 Å². The second-order valence-corrected chi connectivity index (χ2v) is 9.51. The number of nitrogens with zero attached hydrogens (tertiary/aromatic N) is 3. The maximum atomic E-state index is 13.6. The molecule has 8 nitrogen and oxygen atoms in total. The van der Waals surface area contributed by atoms with Gasteiger partial charge in [-0.15, -0.1) is 0 Å². The molecule has 186 valence electrons. The Kier molecular flexibility index (Phi) is 7.45. The number of pyridine rings is 1. The summed E-state index contributed by atoms with van der Waals surface area (Å²) in [6, 6.07) is 8.06. The van der Waals surface area contributed by atoms with Crippen molar-refractivity contribution < 1.29 is 23.5 Å². The van der Waals surface area contributed by atoms with Gasteiger partial charge in [0.2, 0.25) is 11.8 Å². The molecule has 2 fully saturated rings. The number of piperidine rings is 1. The van der Waals surface area contributed by atoms with Gasteiger partial charge in [-0.25, -0.2) is 4.39 Å². The van der Waals surface area contributed by atoms with Gasteiger partial charge in [0.1, 0.15) is 17.6 Å². The minimum atomic E-state index is -1.00. The number of nitrogens with one attached hydrogen (secondary N) is 1. The van der Waals surface area contributed by atoms with Crippen LogP contribution in [0.2, 0.25) is 0 Å². The maximum Gasteiger partial charge on any atom is 0.256 e. The predicted molar refractivity (Wildman–Crippen MR) is 126 cm³/mol. The van der Waals surface area contributed by atoms with E-state index in [-0.39, 0.29) is 36.4 Å². The molecular weight excluding hydrogens is 451 g/mol. The molecule has 0 radical (unpaired) electrons. The number of halogens is 1. The third-order valence-electron chi connectivity index (χ3n) is 6.54. The Bertz CT molecular complexity index is 1050. The van der Waals surface area contributed by atoms with Crippen molar-refractivity contribution in [3.63, 3.8) is 0 Å². The van der Waals surface area contributed by atoms with Crippen LogP contribution in [0.3, 0.4) is 0 Å². The Morgan fingerprint density at radius 1 is 1.17 bits per heavy atom. The molecule has 1 unspecified atom stereocenters. The van der Waals surface area contributed by atoms with Crippen molar-refractivity contribution in [1.29, 1.82) is 0 Å². The zero-order valence-electron chi connectivity index (χ0n) is 20.1. The fourth-order valence-electron chi connectivity index (χ4n) is 4.69. The first kappa shape index (κ1) is 24.8. The van der Waals surface area contributed by atoms with E-state index < -0.39 is 23.5 Å². The van der Waals surface area contributed by atoms with Gasteiger partial charge in [0.15, 0.2) is 0 Å². The number of likely N-dealkylation sites (tertiary alicyclic amines) is 1. The molecule has 0 aliphatic carbocycles. The van der Waals surface area contributed by atoms with Gasteiger partial charge in [0.25, 0.3) is 5.91 Å². The first-order valence-electron chi connectivity index (χ1n) is 12.0. The Morgan fingerprint density at radius 2 is 1.89 bits per heavy atom. The molecule has 3 heterocycles. The zero-order valence-corrected chi connectivity index (χ0v) is 20.1. The van der Waals surface area contributed by atoms with Gasteiger partial charge in [-0.05, 0) is 41.8 Å². The van der Waals surface area contributed by atoms with E-state index in [9.17, 15) is 18.8 Å². The van der Waals surface area contributed by atoms with Crippen LogP contribution in [0.4, 0.5) is 4.39 Å². The minimum absolute atomic E-state index is 0.0474. The van der Waals surface area contributed by atoms with Gasteiger partial charge in [-0.3, -0.25) is 24.3 Å². The lowest BCUT2D eigenvalue weighted by Gasteiger charge is -2.44. The molecule has 35 heavy (non-hydrogen) atoms. The summed E-state index contributed by atoms with van der Waals surface area (Å²) < 4.78 is 19.7. The van der Waals surface area contributed by atoms with Crippen LogP contribution in [0.25, 0.3) is 0 Å². The van der Waals surface area contributed by atoms with Crippen LogP contribution in [0.5, 0.6) is 0 Å². The number of carbonyl (C=O) groups excluding carboxylic acids is 3. The zero-order chi connectivity index (χ0) is 25.0. The summed E-state index contributed by atoms with van der Waals surface area (Å²) in [6.07, 6.45) is 4.58. The van der Waals surface area contributed by atoms with Gasteiger partial charge in [-0.1, -0.05) is 19.9 Å². The van der Waals surface area contributed by atoms with Crippen molar-refractivity contribution in [1.82, 2.24) is 20.1 Å². The molecule has 2 saturated heterocycles. The molecule has 1 atom stereocenters. The summed E-state index contributed by atoms with van der Waals surface area (Å²) in [5.41, 5.74) is 0.110. The molecule has 0 saturated carbocycles. The molecule has 2 aliphatic rings. The summed E-state index contributed by atoms with van der Waals surface area (Å²) in [6.45, 7) is 5.19. The summed E-state index contributed by atoms with van der Waals surface area (Å²) in [5, 5.41) is 2.88. The van der Waals surface area contributed by atoms with E-state index in [4.69, 9.17) is 4.74 Å². The van der Waals surface area contributed by atoms with Crippen molar-refractivity contribution in [2.24, 2.45) is 5.92 Å². The standard InChI is InChI=1S/C26H31FN4O4/c1-18(2)14-23(32)30-12-9-26(10-13-30)31(25(34)20-5-7-21(27)8-6-20)22(17-35-26)24(33)29-16-19-4-3-11-28-15-19/h3-8,11,15,18,22H,9-10,12-14,16-17H2,1-2H3,(H,29,33). The second-order valence-electron chi connectivity index (χ2n) is 9.51. The fourth-order valence-corrected chi connectivity index (χ4v) is 4.69. The number of benzene rings is 1. The van der Waals surface area contributed by atoms with Crippen LogP contribution in [0.15, 0.2) is 48.8 Å². The molecule has 4 rings (SSSR count). The van der Waals surface area contributed by atoms with Gasteiger partial charge in [-0.2, -0.15) is 0 Å². The molecule has 2 aliphatic heterocycles. The Morgan fingerprint density at radius 3 is 2.51 bits per heavy atom. The quantitative estimate of drug-likeness (QED) is 0.684. The second kappa shape index (κ2) is 10.5. The Balaban J connectivity index is 1.54. The smallest absolute Gasteiger partial charge is 0.256 e. The molecule has 9 heteroatoms. The highest BCUT2D eigenvalue weighted by atomic mass is 19.1. The Labute approximate surface area is 204 Å². The predicted octanol–water partition coefficient (Wildman–Crippen LogP) is 2.74. The van der Waals surface area contributed by atoms with Crippen LogP contribution in [-0.2, 0) is 20.9 Å². The van der Waals surface area contributed by atoms with Crippen molar-refractivity contribution >= 4 is 17.7 Å². The van der Waals surface area contributed by atoms with Crippen LogP contribution in [-0.4, -0.2) is 64.0 Å². The first-order chi connectivity index (χ1) is 16.8. The molecule has 2 aromatic rings. The molecular formula is C26H31FN4O4. The van der Waals surface area contributed by atoms with Crippen LogP contribution < -0.4 is 5.32 Å². The van der Waals surface area contributed by atoms with E-state index >= 15 is 0 Å². The summed E-state index contributed by atoms with van der Waals surface area (Å²) >= 11 is 0. The van der Waals surface area contributed by atoms with E-state index in [1.807, 2.05) is 19.9 Å². The highest BCUT2D eigenvalue weighted by Crippen LogP contribution is 2.38. The van der Waals surface area contributed by atoms with Gasteiger partial charge in [0.05, 0.1) is 6.61 Å². The average molecular weight is 483 g/mol. The highest BCUT2D eigenvalue weighted by Gasteiger charge is 2.54. The van der Waals surface area contributed by atoms with E-state index in [0.29, 0.717) is 32.4 Å². The van der Waals surface area contributed by atoms with Crippen molar-refractivity contribution in [2.75, 3.05) is 19.7 Å². The number of hydrogen-bond donors (Lipinski definition) is 1. The van der Waals surface area contributed by atoms with Crippen LogP contribution in [0.1, 0.15) is 49.0 Å². The summed E-state index contributed by atoms with van der Waals surface area (Å²) in [7, 11) is 0. The third-order valence-corrected chi connectivity index (χ3v) is 6.54. The van der Waals surface area contributed by atoms with Crippen molar-refractivity contribution in [2.45, 2.75) is 51.4 Å². The Hall–Kier alpha value is -3.33. The molecule has 1 aromatic carbocycles. The van der Waals surface area contributed by atoms with E-state index in [1.54, 1.807) is 23.4 Å². The largest absolute Gasteiger partial charge is 0.353 e. The molecule has 3 amide bonds. The summed E-state index contributed by atoms with van der Waals surface area (Å²) in [5.74, 6) is -0.845. The average Bonchev–Trinajstić information content (AvgIpc) is 3.21. The van der Waals surface area contributed by atoms with Crippen LogP contribution in [0, 0.1) is 11.7 Å². The normalized spacial score (nSPS) is 19.3. The number of carbonyl (C=O) groups is 3. The summed E-state index contributed by atoms with van der Waals surface area (Å²) in [4.78, 5) is 46.8. The lowest BCUT2D eigenvalue weighted by Crippen LogP contribution is -2.59. The number of rotatable bonds is 6. The third kappa shape index (κ3) is 5.51. The van der Waals surface area contributed by atoms with Gasteiger partial charge in [0, 0.05) is 56.9 Å². The number of ether oxygens (including phenoxy) is 1. The SMILES string of the molecule is CC(C)CC(=O)N1CCC2(CC1)OCC(C(=O)NCc1cccnc1)N2C(=O)c1ccc(F)cc1. The molecule has 1 spiro atoms. The van der Waals surface area contributed by atoms with E-state index in [0.717, 1.165) is 5.56 Å². The lowest BCUT2D eigenvalue weighted by atomic mass is 9.96. The van der Waals surface area contributed by atoms with Crippen LogP contribution >= 0.6 is 0 Å². The number of aromatic nitrogens is 1. The van der Waals surface area contributed by atoms with Crippen molar-refractivity contribution in [3.8, 4) is 0 Å². The monoisotopic (exact) mass is 482 g/mol. The maximum absolute atomic E-state index is 13.6. The number of hydrogen-bond acceptors (Lipinski definition) is 5. The highest BCUT2D eigenvalue weighted by molar-refractivity contribution is 5.98.